The molecule has 0 radical (unpaired) electrons. The van der Waals surface area contributed by atoms with Gasteiger partial charge in [-0.15, -0.1) is 0 Å². The van der Waals surface area contributed by atoms with E-state index >= 15 is 0 Å². The monoisotopic (exact) mass is 272 g/mol. The summed E-state index contributed by atoms with van der Waals surface area (Å²) in [4.78, 5) is 2.78. The van der Waals surface area contributed by atoms with Crippen molar-refractivity contribution in [3.63, 3.8) is 0 Å². The van der Waals surface area contributed by atoms with Crippen LogP contribution in [0.2, 0.25) is 0 Å². The summed E-state index contributed by atoms with van der Waals surface area (Å²) in [5.74, 6) is 0. The quantitative estimate of drug-likeness (QED) is 0.888. The average Bonchev–Trinajstić information content (AvgIpc) is 2.49. The van der Waals surface area contributed by atoms with Crippen molar-refractivity contribution in [3.8, 4) is 0 Å². The maximum absolute atomic E-state index is 3.50. The fourth-order valence-corrected chi connectivity index (χ4v) is 4.32. The molecule has 0 atom stereocenters. The second-order valence-corrected chi connectivity index (χ2v) is 6.65. The summed E-state index contributed by atoms with van der Waals surface area (Å²) < 4.78 is 0. The molecule has 20 heavy (non-hydrogen) atoms. The third-order valence-electron chi connectivity index (χ3n) is 5.29. The van der Waals surface area contributed by atoms with Gasteiger partial charge in [0.05, 0.1) is 0 Å². The minimum Gasteiger partial charge on any atom is -0.314 e. The zero-order valence-electron chi connectivity index (χ0n) is 13.0. The van der Waals surface area contributed by atoms with Gasteiger partial charge in [0.1, 0.15) is 0 Å². The second kappa shape index (κ2) is 5.87. The Morgan fingerprint density at radius 3 is 2.35 bits per heavy atom. The Hall–Kier alpha value is -0.860. The molecule has 1 aromatic carbocycles. The molecule has 1 heterocycles. The minimum absolute atomic E-state index is 0.318. The molecule has 110 valence electrons. The average molecular weight is 272 g/mol. The van der Waals surface area contributed by atoms with Gasteiger partial charge in [-0.05, 0) is 37.8 Å². The molecular formula is C18H28N2. The number of nitrogens with zero attached hydrogens (tertiary/aromatic N) is 1. The summed E-state index contributed by atoms with van der Waals surface area (Å²) in [7, 11) is 0. The van der Waals surface area contributed by atoms with E-state index < -0.39 is 0 Å². The predicted octanol–water partition coefficient (Wildman–Crippen LogP) is 3.37. The molecule has 2 heteroatoms. The maximum atomic E-state index is 3.50. The van der Waals surface area contributed by atoms with E-state index in [1.807, 2.05) is 0 Å². The van der Waals surface area contributed by atoms with Crippen molar-refractivity contribution in [3.05, 3.63) is 34.9 Å². The number of rotatable bonds is 2. The van der Waals surface area contributed by atoms with Crippen LogP contribution in [0.25, 0.3) is 0 Å². The molecule has 1 N–H and O–H groups in total. The van der Waals surface area contributed by atoms with Crippen molar-refractivity contribution >= 4 is 0 Å². The van der Waals surface area contributed by atoms with Gasteiger partial charge in [0.2, 0.25) is 0 Å². The van der Waals surface area contributed by atoms with E-state index in [1.54, 1.807) is 5.56 Å². The van der Waals surface area contributed by atoms with Gasteiger partial charge in [-0.3, -0.25) is 4.90 Å². The lowest BCUT2D eigenvalue weighted by Crippen LogP contribution is -2.55. The lowest BCUT2D eigenvalue weighted by atomic mass is 9.73. The van der Waals surface area contributed by atoms with Crippen molar-refractivity contribution in [2.24, 2.45) is 0 Å². The van der Waals surface area contributed by atoms with Crippen LogP contribution in [0.3, 0.4) is 0 Å². The highest BCUT2D eigenvalue weighted by Gasteiger charge is 2.40. The van der Waals surface area contributed by atoms with E-state index in [2.05, 4.69) is 42.3 Å². The van der Waals surface area contributed by atoms with Crippen LogP contribution in [0.15, 0.2) is 18.2 Å². The Kier molecular flexibility index (Phi) is 4.13. The smallest absolute Gasteiger partial charge is 0.0464 e. The van der Waals surface area contributed by atoms with Gasteiger partial charge < -0.3 is 5.32 Å². The van der Waals surface area contributed by atoms with E-state index in [1.165, 1.54) is 56.3 Å². The topological polar surface area (TPSA) is 15.3 Å². The fourth-order valence-electron chi connectivity index (χ4n) is 4.32. The standard InChI is InChI=1S/C18H28N2/c1-15-6-7-17(16(2)14-15)18(8-4-3-5-9-18)20-12-10-19-11-13-20/h6-7,14,19H,3-5,8-13H2,1-2H3. The first-order valence-electron chi connectivity index (χ1n) is 8.26. The molecule has 0 bridgehead atoms. The summed E-state index contributed by atoms with van der Waals surface area (Å²) in [6, 6.07) is 7.09. The highest BCUT2D eigenvalue weighted by atomic mass is 15.2. The summed E-state index contributed by atoms with van der Waals surface area (Å²) in [5.41, 5.74) is 4.80. The van der Waals surface area contributed by atoms with Crippen LogP contribution in [-0.4, -0.2) is 31.1 Å². The van der Waals surface area contributed by atoms with Crippen molar-refractivity contribution in [2.75, 3.05) is 26.2 Å². The lowest BCUT2D eigenvalue weighted by Gasteiger charge is -2.49. The lowest BCUT2D eigenvalue weighted by molar-refractivity contribution is 0.0357. The zero-order valence-corrected chi connectivity index (χ0v) is 13.0. The number of benzene rings is 1. The molecule has 0 aromatic heterocycles. The maximum Gasteiger partial charge on any atom is 0.0464 e. The van der Waals surface area contributed by atoms with E-state index in [-0.39, 0.29) is 0 Å². The normalized spacial score (nSPS) is 23.7. The number of aryl methyl sites for hydroxylation is 2. The molecule has 1 aromatic rings. The molecule has 3 rings (SSSR count). The highest BCUT2D eigenvalue weighted by molar-refractivity contribution is 5.36. The Labute approximate surface area is 123 Å². The van der Waals surface area contributed by atoms with Gasteiger partial charge in [-0.1, -0.05) is 43.0 Å². The van der Waals surface area contributed by atoms with Crippen LogP contribution in [0.5, 0.6) is 0 Å². The summed E-state index contributed by atoms with van der Waals surface area (Å²) in [6.45, 7) is 9.20. The third-order valence-corrected chi connectivity index (χ3v) is 5.29. The zero-order chi connectivity index (χ0) is 14.0. The van der Waals surface area contributed by atoms with Gasteiger partial charge in [-0.25, -0.2) is 0 Å². The van der Waals surface area contributed by atoms with Gasteiger partial charge in [0.15, 0.2) is 0 Å². The van der Waals surface area contributed by atoms with E-state index in [4.69, 9.17) is 0 Å². The minimum atomic E-state index is 0.318. The number of hydrogen-bond donors (Lipinski definition) is 1. The van der Waals surface area contributed by atoms with Crippen molar-refractivity contribution < 1.29 is 0 Å². The molecule has 2 nitrogen and oxygen atoms in total. The second-order valence-electron chi connectivity index (χ2n) is 6.65. The number of piperazine rings is 1. The van der Waals surface area contributed by atoms with Gasteiger partial charge in [-0.2, -0.15) is 0 Å². The molecule has 1 saturated heterocycles. The van der Waals surface area contributed by atoms with Crippen molar-refractivity contribution in [2.45, 2.75) is 51.5 Å². The molecule has 2 fully saturated rings. The third kappa shape index (κ3) is 2.51. The van der Waals surface area contributed by atoms with Crippen LogP contribution in [0, 0.1) is 13.8 Å². The first kappa shape index (κ1) is 14.1. The molecule has 0 spiro atoms. The van der Waals surface area contributed by atoms with E-state index in [0.717, 1.165) is 13.1 Å². The molecule has 0 amide bonds. The van der Waals surface area contributed by atoms with Crippen LogP contribution in [0.4, 0.5) is 0 Å². The van der Waals surface area contributed by atoms with Crippen LogP contribution in [-0.2, 0) is 5.54 Å². The predicted molar refractivity (Wildman–Crippen MR) is 85.1 cm³/mol. The molecular weight excluding hydrogens is 244 g/mol. The van der Waals surface area contributed by atoms with Gasteiger partial charge in [0, 0.05) is 31.7 Å². The first-order valence-corrected chi connectivity index (χ1v) is 8.26. The number of hydrogen-bond acceptors (Lipinski definition) is 2. The Morgan fingerprint density at radius 2 is 1.70 bits per heavy atom. The van der Waals surface area contributed by atoms with Crippen LogP contribution in [0.1, 0.15) is 48.8 Å². The van der Waals surface area contributed by atoms with Gasteiger partial charge >= 0.3 is 0 Å². The summed E-state index contributed by atoms with van der Waals surface area (Å²) in [6.07, 6.45) is 6.88. The van der Waals surface area contributed by atoms with E-state index in [9.17, 15) is 0 Å². The first-order chi connectivity index (χ1) is 9.72. The number of nitrogens with one attached hydrogen (secondary N) is 1. The molecule has 2 aliphatic rings. The fraction of sp³-hybridized carbons (Fsp3) is 0.667. The molecule has 0 unspecified atom stereocenters. The van der Waals surface area contributed by atoms with E-state index in [0.29, 0.717) is 5.54 Å². The Balaban J connectivity index is 1.99. The largest absolute Gasteiger partial charge is 0.314 e. The highest BCUT2D eigenvalue weighted by Crippen LogP contribution is 2.43. The van der Waals surface area contributed by atoms with Crippen LogP contribution < -0.4 is 5.32 Å². The summed E-state index contributed by atoms with van der Waals surface area (Å²) >= 11 is 0. The SMILES string of the molecule is Cc1ccc(C2(N3CCNCC3)CCCCC2)c(C)c1. The van der Waals surface area contributed by atoms with Crippen molar-refractivity contribution in [1.29, 1.82) is 0 Å². The Bertz CT molecular complexity index is 454. The Morgan fingerprint density at radius 1 is 1.00 bits per heavy atom. The molecule has 1 aliphatic carbocycles. The van der Waals surface area contributed by atoms with Gasteiger partial charge in [0.25, 0.3) is 0 Å². The molecule has 1 saturated carbocycles. The van der Waals surface area contributed by atoms with Crippen LogP contribution >= 0.6 is 0 Å². The summed E-state index contributed by atoms with van der Waals surface area (Å²) in [5, 5.41) is 3.50. The molecule has 1 aliphatic heterocycles. The van der Waals surface area contributed by atoms with Crippen molar-refractivity contribution in [1.82, 2.24) is 10.2 Å².